The highest BCUT2D eigenvalue weighted by atomic mass is 32.2. The second kappa shape index (κ2) is 10.5. The average molecular weight is 508 g/mol. The minimum Gasteiger partial charge on any atom is -0.379 e. The summed E-state index contributed by atoms with van der Waals surface area (Å²) in [5.41, 5.74) is 0.790. The monoisotopic (exact) mass is 507 g/mol. The Labute approximate surface area is 200 Å². The lowest BCUT2D eigenvalue weighted by molar-refractivity contribution is -0.126. The van der Waals surface area contributed by atoms with Crippen molar-refractivity contribution < 1.29 is 26.4 Å². The van der Waals surface area contributed by atoms with Crippen LogP contribution < -0.4 is 5.32 Å². The van der Waals surface area contributed by atoms with Gasteiger partial charge in [0.15, 0.2) is 0 Å². The predicted octanol–water partition coefficient (Wildman–Crippen LogP) is 1.42. The van der Waals surface area contributed by atoms with Gasteiger partial charge in [-0.15, -0.1) is 0 Å². The molecule has 0 radical (unpaired) electrons. The lowest BCUT2D eigenvalue weighted by Crippen LogP contribution is -2.42. The molecule has 2 aromatic carbocycles. The third-order valence-electron chi connectivity index (χ3n) is 6.20. The molecule has 2 heterocycles. The summed E-state index contributed by atoms with van der Waals surface area (Å²) in [5, 5.41) is 2.89. The molecule has 184 valence electrons. The number of piperidine rings is 1. The van der Waals surface area contributed by atoms with Crippen LogP contribution in [-0.2, 0) is 36.1 Å². The van der Waals surface area contributed by atoms with E-state index in [2.05, 4.69) is 5.32 Å². The van der Waals surface area contributed by atoms with Crippen molar-refractivity contribution >= 4 is 26.0 Å². The standard InChI is InChI=1S/C23H29N3O6S2/c27-23(20-10-12-25(13-11-20)33(28,29)21-4-2-1-3-5-21)24-18-19-6-8-22(9-7-19)34(30,31)26-14-16-32-17-15-26/h1-9,20H,10-18H2,(H,24,27). The smallest absolute Gasteiger partial charge is 0.243 e. The molecule has 34 heavy (non-hydrogen) atoms. The first-order valence-electron chi connectivity index (χ1n) is 11.3. The number of carbonyl (C=O) groups excluding carboxylic acids is 1. The normalized spacial score (nSPS) is 19.1. The molecule has 2 aliphatic heterocycles. The van der Waals surface area contributed by atoms with Crippen LogP contribution in [0.1, 0.15) is 18.4 Å². The average Bonchev–Trinajstić information content (AvgIpc) is 2.88. The van der Waals surface area contributed by atoms with Crippen LogP contribution in [0.5, 0.6) is 0 Å². The highest BCUT2D eigenvalue weighted by Gasteiger charge is 2.32. The van der Waals surface area contributed by atoms with Gasteiger partial charge in [-0.2, -0.15) is 8.61 Å². The summed E-state index contributed by atoms with van der Waals surface area (Å²) in [6.07, 6.45) is 0.906. The van der Waals surface area contributed by atoms with Crippen LogP contribution in [0.15, 0.2) is 64.4 Å². The van der Waals surface area contributed by atoms with Crippen molar-refractivity contribution in [1.82, 2.24) is 13.9 Å². The molecule has 2 aliphatic rings. The molecule has 0 spiro atoms. The first kappa shape index (κ1) is 24.8. The van der Waals surface area contributed by atoms with Crippen molar-refractivity contribution in [3.8, 4) is 0 Å². The summed E-state index contributed by atoms with van der Waals surface area (Å²) in [6, 6.07) is 14.8. The first-order chi connectivity index (χ1) is 16.3. The van der Waals surface area contributed by atoms with Gasteiger partial charge in [0, 0.05) is 38.6 Å². The molecular weight excluding hydrogens is 478 g/mol. The number of benzene rings is 2. The first-order valence-corrected chi connectivity index (χ1v) is 14.2. The van der Waals surface area contributed by atoms with Crippen LogP contribution >= 0.6 is 0 Å². The maximum Gasteiger partial charge on any atom is 0.243 e. The topological polar surface area (TPSA) is 113 Å². The van der Waals surface area contributed by atoms with Crippen molar-refractivity contribution in [2.24, 2.45) is 5.92 Å². The fraction of sp³-hybridized carbons (Fsp3) is 0.435. The summed E-state index contributed by atoms with van der Waals surface area (Å²) < 4.78 is 59.0. The van der Waals surface area contributed by atoms with Crippen LogP contribution in [0.3, 0.4) is 0 Å². The van der Waals surface area contributed by atoms with E-state index in [0.717, 1.165) is 5.56 Å². The van der Waals surface area contributed by atoms with Gasteiger partial charge in [0.05, 0.1) is 23.0 Å². The lowest BCUT2D eigenvalue weighted by atomic mass is 9.97. The third-order valence-corrected chi connectivity index (χ3v) is 10.0. The lowest BCUT2D eigenvalue weighted by Gasteiger charge is -2.30. The van der Waals surface area contributed by atoms with E-state index in [0.29, 0.717) is 52.2 Å². The fourth-order valence-corrected chi connectivity index (χ4v) is 7.05. The molecule has 2 fully saturated rings. The maximum atomic E-state index is 12.7. The molecule has 0 aromatic heterocycles. The third kappa shape index (κ3) is 5.49. The number of hydrogen-bond acceptors (Lipinski definition) is 6. The van der Waals surface area contributed by atoms with E-state index >= 15 is 0 Å². The zero-order valence-corrected chi connectivity index (χ0v) is 20.4. The second-order valence-corrected chi connectivity index (χ2v) is 12.2. The number of hydrogen-bond donors (Lipinski definition) is 1. The molecule has 4 rings (SSSR count). The summed E-state index contributed by atoms with van der Waals surface area (Å²) in [6.45, 7) is 2.32. The Morgan fingerprint density at radius 2 is 1.32 bits per heavy atom. The molecule has 0 saturated carbocycles. The summed E-state index contributed by atoms with van der Waals surface area (Å²) in [5.74, 6) is -0.384. The molecule has 1 amide bonds. The van der Waals surface area contributed by atoms with E-state index < -0.39 is 20.0 Å². The van der Waals surface area contributed by atoms with Crippen LogP contribution in [-0.4, -0.2) is 70.7 Å². The maximum absolute atomic E-state index is 12.7. The quantitative estimate of drug-likeness (QED) is 0.607. The number of amides is 1. The summed E-state index contributed by atoms with van der Waals surface area (Å²) >= 11 is 0. The van der Waals surface area contributed by atoms with Gasteiger partial charge < -0.3 is 10.1 Å². The van der Waals surface area contributed by atoms with Crippen molar-refractivity contribution in [1.29, 1.82) is 0 Å². The number of morpholine rings is 1. The van der Waals surface area contributed by atoms with Gasteiger partial charge in [-0.25, -0.2) is 16.8 Å². The van der Waals surface area contributed by atoms with Crippen LogP contribution in [0.2, 0.25) is 0 Å². The minimum atomic E-state index is -3.55. The highest BCUT2D eigenvalue weighted by molar-refractivity contribution is 7.89. The van der Waals surface area contributed by atoms with Crippen molar-refractivity contribution in [3.63, 3.8) is 0 Å². The zero-order valence-electron chi connectivity index (χ0n) is 18.8. The molecule has 2 saturated heterocycles. The largest absolute Gasteiger partial charge is 0.379 e. The van der Waals surface area contributed by atoms with Crippen LogP contribution in [0, 0.1) is 5.92 Å². The molecule has 0 aliphatic carbocycles. The van der Waals surface area contributed by atoms with Gasteiger partial charge in [0.1, 0.15) is 0 Å². The molecule has 9 nitrogen and oxygen atoms in total. The Bertz CT molecular complexity index is 1190. The number of rotatable bonds is 7. The van der Waals surface area contributed by atoms with E-state index in [1.54, 1.807) is 54.6 Å². The van der Waals surface area contributed by atoms with Gasteiger partial charge in [0.25, 0.3) is 0 Å². The predicted molar refractivity (Wildman–Crippen MR) is 126 cm³/mol. The molecular formula is C23H29N3O6S2. The van der Waals surface area contributed by atoms with Gasteiger partial charge >= 0.3 is 0 Å². The Morgan fingerprint density at radius 3 is 1.91 bits per heavy atom. The molecule has 0 bridgehead atoms. The molecule has 0 unspecified atom stereocenters. The number of nitrogens with one attached hydrogen (secondary N) is 1. The van der Waals surface area contributed by atoms with Gasteiger partial charge in [-0.05, 0) is 42.7 Å². The fourth-order valence-electron chi connectivity index (χ4n) is 4.15. The van der Waals surface area contributed by atoms with Crippen molar-refractivity contribution in [3.05, 3.63) is 60.2 Å². The van der Waals surface area contributed by atoms with E-state index in [1.807, 2.05) is 0 Å². The van der Waals surface area contributed by atoms with Crippen molar-refractivity contribution in [2.45, 2.75) is 29.2 Å². The van der Waals surface area contributed by atoms with Crippen LogP contribution in [0.4, 0.5) is 0 Å². The van der Waals surface area contributed by atoms with Gasteiger partial charge in [0.2, 0.25) is 26.0 Å². The van der Waals surface area contributed by atoms with Gasteiger partial charge in [-0.3, -0.25) is 4.79 Å². The molecule has 0 atom stereocenters. The Kier molecular flexibility index (Phi) is 7.68. The molecule has 11 heteroatoms. The Balaban J connectivity index is 1.28. The highest BCUT2D eigenvalue weighted by Crippen LogP contribution is 2.24. The van der Waals surface area contributed by atoms with E-state index in [9.17, 15) is 21.6 Å². The van der Waals surface area contributed by atoms with E-state index in [-0.39, 0.29) is 28.2 Å². The molecule has 2 aromatic rings. The van der Waals surface area contributed by atoms with Crippen LogP contribution in [0.25, 0.3) is 0 Å². The second-order valence-electron chi connectivity index (χ2n) is 8.37. The SMILES string of the molecule is O=C(NCc1ccc(S(=O)(=O)N2CCOCC2)cc1)C1CCN(S(=O)(=O)c2ccccc2)CC1. The number of sulfonamides is 2. The zero-order chi connectivity index (χ0) is 24.2. The molecule has 1 N–H and O–H groups in total. The minimum absolute atomic E-state index is 0.123. The summed E-state index contributed by atoms with van der Waals surface area (Å²) in [7, 11) is -7.10. The number of carbonyl (C=O) groups is 1. The van der Waals surface area contributed by atoms with E-state index in [1.165, 1.54) is 8.61 Å². The Morgan fingerprint density at radius 1 is 0.794 bits per heavy atom. The van der Waals surface area contributed by atoms with Gasteiger partial charge in [-0.1, -0.05) is 30.3 Å². The number of nitrogens with zero attached hydrogens (tertiary/aromatic N) is 2. The number of ether oxygens (including phenoxy) is 1. The van der Waals surface area contributed by atoms with E-state index in [4.69, 9.17) is 4.74 Å². The summed E-state index contributed by atoms with van der Waals surface area (Å²) in [4.78, 5) is 13.1. The Hall–Kier alpha value is -2.31. The van der Waals surface area contributed by atoms with Crippen molar-refractivity contribution in [2.75, 3.05) is 39.4 Å².